The second-order valence-electron chi connectivity index (χ2n) is 6.37. The number of aryl methyl sites for hydroxylation is 1. The highest BCUT2D eigenvalue weighted by molar-refractivity contribution is 5.22. The minimum absolute atomic E-state index is 0.136. The summed E-state index contributed by atoms with van der Waals surface area (Å²) >= 11 is 0. The maximum absolute atomic E-state index is 13.8. The molecule has 2 heterocycles. The van der Waals surface area contributed by atoms with E-state index in [1.165, 1.54) is 6.07 Å². The van der Waals surface area contributed by atoms with Gasteiger partial charge in [0.2, 0.25) is 0 Å². The number of morpholine rings is 1. The van der Waals surface area contributed by atoms with Gasteiger partial charge in [-0.05, 0) is 19.1 Å². The predicted octanol–water partition coefficient (Wildman–Crippen LogP) is 1.98. The first-order valence-electron chi connectivity index (χ1n) is 7.86. The SMILES string of the molecule is Cn1cc(C2(C)CN(CC(O)c3c(F)cccc3F)CCO2)cn1. The zero-order chi connectivity index (χ0) is 17.3. The van der Waals surface area contributed by atoms with Gasteiger partial charge in [-0.15, -0.1) is 0 Å². The third-order valence-corrected chi connectivity index (χ3v) is 4.43. The fourth-order valence-corrected chi connectivity index (χ4v) is 3.14. The second-order valence-corrected chi connectivity index (χ2v) is 6.37. The summed E-state index contributed by atoms with van der Waals surface area (Å²) in [6.45, 7) is 3.65. The van der Waals surface area contributed by atoms with E-state index in [-0.39, 0.29) is 12.1 Å². The van der Waals surface area contributed by atoms with Crippen molar-refractivity contribution < 1.29 is 18.6 Å². The number of ether oxygens (including phenoxy) is 1. The molecule has 1 aromatic heterocycles. The molecular weight excluding hydrogens is 316 g/mol. The lowest BCUT2D eigenvalue weighted by Gasteiger charge is -2.40. The first kappa shape index (κ1) is 17.0. The van der Waals surface area contributed by atoms with Gasteiger partial charge in [-0.2, -0.15) is 5.10 Å². The van der Waals surface area contributed by atoms with Crippen LogP contribution in [0.25, 0.3) is 0 Å². The zero-order valence-corrected chi connectivity index (χ0v) is 13.7. The monoisotopic (exact) mass is 337 g/mol. The highest BCUT2D eigenvalue weighted by Gasteiger charge is 2.36. The quantitative estimate of drug-likeness (QED) is 0.927. The van der Waals surface area contributed by atoms with Crippen LogP contribution in [0.1, 0.15) is 24.2 Å². The molecule has 5 nitrogen and oxygen atoms in total. The van der Waals surface area contributed by atoms with Crippen molar-refractivity contribution in [2.75, 3.05) is 26.2 Å². The van der Waals surface area contributed by atoms with Gasteiger partial charge in [0.05, 0.1) is 24.5 Å². The van der Waals surface area contributed by atoms with Crippen molar-refractivity contribution in [3.8, 4) is 0 Å². The molecular formula is C17H21F2N3O2. The van der Waals surface area contributed by atoms with Crippen molar-refractivity contribution >= 4 is 0 Å². The number of rotatable bonds is 4. The van der Waals surface area contributed by atoms with Gasteiger partial charge in [0.25, 0.3) is 0 Å². The summed E-state index contributed by atoms with van der Waals surface area (Å²) in [6, 6.07) is 3.59. The van der Waals surface area contributed by atoms with E-state index in [0.717, 1.165) is 17.7 Å². The van der Waals surface area contributed by atoms with Crippen molar-refractivity contribution in [3.05, 3.63) is 53.4 Å². The van der Waals surface area contributed by atoms with Crippen LogP contribution in [-0.4, -0.2) is 46.0 Å². The average Bonchev–Trinajstić information content (AvgIpc) is 2.94. The Kier molecular flexibility index (Phi) is 4.67. The van der Waals surface area contributed by atoms with Crippen LogP contribution in [0.3, 0.4) is 0 Å². The molecule has 130 valence electrons. The van der Waals surface area contributed by atoms with E-state index in [9.17, 15) is 13.9 Å². The lowest BCUT2D eigenvalue weighted by molar-refractivity contribution is -0.110. The molecule has 1 aromatic carbocycles. The van der Waals surface area contributed by atoms with Gasteiger partial charge in [0.1, 0.15) is 17.2 Å². The van der Waals surface area contributed by atoms with Crippen LogP contribution in [0.15, 0.2) is 30.6 Å². The van der Waals surface area contributed by atoms with Gasteiger partial charge >= 0.3 is 0 Å². The van der Waals surface area contributed by atoms with Gasteiger partial charge in [-0.3, -0.25) is 9.58 Å². The molecule has 0 radical (unpaired) electrons. The molecule has 0 spiro atoms. The molecule has 1 aliphatic rings. The summed E-state index contributed by atoms with van der Waals surface area (Å²) in [7, 11) is 1.83. The van der Waals surface area contributed by atoms with Crippen molar-refractivity contribution in [3.63, 3.8) is 0 Å². The number of nitrogens with zero attached hydrogens (tertiary/aromatic N) is 3. The van der Waals surface area contributed by atoms with Crippen molar-refractivity contribution in [2.24, 2.45) is 7.05 Å². The number of hydrogen-bond donors (Lipinski definition) is 1. The number of hydrogen-bond acceptors (Lipinski definition) is 4. The van der Waals surface area contributed by atoms with Gasteiger partial charge < -0.3 is 9.84 Å². The Labute approximate surface area is 139 Å². The molecule has 0 aliphatic carbocycles. The predicted molar refractivity (Wildman–Crippen MR) is 84.3 cm³/mol. The molecule has 0 bridgehead atoms. The summed E-state index contributed by atoms with van der Waals surface area (Å²) in [5.74, 6) is -1.46. The van der Waals surface area contributed by atoms with Crippen LogP contribution in [0.2, 0.25) is 0 Å². The van der Waals surface area contributed by atoms with Gasteiger partial charge in [-0.25, -0.2) is 8.78 Å². The molecule has 7 heteroatoms. The largest absolute Gasteiger partial charge is 0.387 e. The standard InChI is InChI=1S/C17H21F2N3O2/c1-17(12-8-20-21(2)9-12)11-22(6-7-24-17)10-15(23)16-13(18)4-3-5-14(16)19/h3-5,8-9,15,23H,6-7,10-11H2,1-2H3. The number of halogens is 2. The minimum Gasteiger partial charge on any atom is -0.387 e. The fraction of sp³-hybridized carbons (Fsp3) is 0.471. The Morgan fingerprint density at radius 1 is 1.38 bits per heavy atom. The number of β-amino-alcohol motifs (C(OH)–C–C–N with tert-alkyl or cyclic N) is 1. The maximum atomic E-state index is 13.8. The normalized spacial score (nSPS) is 23.4. The minimum atomic E-state index is -1.23. The Hall–Kier alpha value is -1.83. The summed E-state index contributed by atoms with van der Waals surface area (Å²) in [6.07, 6.45) is 2.40. The topological polar surface area (TPSA) is 50.5 Å². The molecule has 1 aliphatic heterocycles. The van der Waals surface area contributed by atoms with E-state index in [1.54, 1.807) is 10.9 Å². The number of aliphatic hydroxyl groups excluding tert-OH is 1. The van der Waals surface area contributed by atoms with E-state index in [4.69, 9.17) is 4.74 Å². The first-order chi connectivity index (χ1) is 11.4. The molecule has 24 heavy (non-hydrogen) atoms. The Morgan fingerprint density at radius 3 is 2.71 bits per heavy atom. The summed E-state index contributed by atoms with van der Waals surface area (Å²) in [5, 5.41) is 14.5. The van der Waals surface area contributed by atoms with Crippen LogP contribution in [-0.2, 0) is 17.4 Å². The smallest absolute Gasteiger partial charge is 0.131 e. The van der Waals surface area contributed by atoms with Crippen molar-refractivity contribution in [2.45, 2.75) is 18.6 Å². The number of benzene rings is 1. The molecule has 1 N–H and O–H groups in total. The van der Waals surface area contributed by atoms with Crippen LogP contribution in [0, 0.1) is 11.6 Å². The Morgan fingerprint density at radius 2 is 2.08 bits per heavy atom. The molecule has 0 saturated carbocycles. The van der Waals surface area contributed by atoms with Gasteiger partial charge in [0.15, 0.2) is 0 Å². The lowest BCUT2D eigenvalue weighted by atomic mass is 9.96. The average molecular weight is 337 g/mol. The fourth-order valence-electron chi connectivity index (χ4n) is 3.14. The molecule has 2 unspecified atom stereocenters. The molecule has 2 atom stereocenters. The van der Waals surface area contributed by atoms with Crippen LogP contribution < -0.4 is 0 Å². The Balaban J connectivity index is 1.74. The van der Waals surface area contributed by atoms with Crippen LogP contribution in [0.4, 0.5) is 8.78 Å². The molecule has 2 aromatic rings. The summed E-state index contributed by atoms with van der Waals surface area (Å²) in [4.78, 5) is 1.95. The number of aromatic nitrogens is 2. The van der Waals surface area contributed by atoms with Crippen molar-refractivity contribution in [1.29, 1.82) is 0 Å². The lowest BCUT2D eigenvalue weighted by Crippen LogP contribution is -2.49. The number of aliphatic hydroxyl groups is 1. The van der Waals surface area contributed by atoms with E-state index >= 15 is 0 Å². The third kappa shape index (κ3) is 3.33. The third-order valence-electron chi connectivity index (χ3n) is 4.43. The first-order valence-corrected chi connectivity index (χ1v) is 7.86. The van der Waals surface area contributed by atoms with Gasteiger partial charge in [-0.1, -0.05) is 6.07 Å². The highest BCUT2D eigenvalue weighted by Crippen LogP contribution is 2.30. The van der Waals surface area contributed by atoms with Gasteiger partial charge in [0, 0.05) is 38.4 Å². The summed E-state index contributed by atoms with van der Waals surface area (Å²) in [5.41, 5.74) is 0.0772. The van der Waals surface area contributed by atoms with Crippen LogP contribution in [0.5, 0.6) is 0 Å². The molecule has 1 saturated heterocycles. The zero-order valence-electron chi connectivity index (χ0n) is 13.7. The maximum Gasteiger partial charge on any atom is 0.131 e. The van der Waals surface area contributed by atoms with Crippen molar-refractivity contribution in [1.82, 2.24) is 14.7 Å². The molecule has 1 fully saturated rings. The van der Waals surface area contributed by atoms with E-state index in [0.29, 0.717) is 19.7 Å². The second kappa shape index (κ2) is 6.58. The van der Waals surface area contributed by atoms with E-state index in [1.807, 2.05) is 25.1 Å². The summed E-state index contributed by atoms with van der Waals surface area (Å²) < 4.78 is 35.2. The highest BCUT2D eigenvalue weighted by atomic mass is 19.1. The Bertz CT molecular complexity index is 701. The van der Waals surface area contributed by atoms with E-state index in [2.05, 4.69) is 5.10 Å². The van der Waals surface area contributed by atoms with E-state index < -0.39 is 23.3 Å². The molecule has 3 rings (SSSR count). The molecule has 0 amide bonds. The van der Waals surface area contributed by atoms with Crippen LogP contribution >= 0.6 is 0 Å².